The molecule has 0 atom stereocenters. The minimum absolute atomic E-state index is 0.0884. The fraction of sp³-hybridized carbons (Fsp3) is 0.0526. The number of carbonyl (C=O) groups excluding carboxylic acids is 2. The summed E-state index contributed by atoms with van der Waals surface area (Å²) in [6.07, 6.45) is 2.78. The second-order valence-corrected chi connectivity index (χ2v) is 5.38. The van der Waals surface area contributed by atoms with Gasteiger partial charge in [0.25, 0.3) is 5.91 Å². The fourth-order valence-corrected chi connectivity index (χ4v) is 2.11. The van der Waals surface area contributed by atoms with Crippen LogP contribution in [0.1, 0.15) is 21.9 Å². The molecule has 0 bridgehead atoms. The Morgan fingerprint density at radius 1 is 1.26 bits per heavy atom. The average Bonchev–Trinajstić information content (AvgIpc) is 3.33. The van der Waals surface area contributed by atoms with Crippen LogP contribution in [0.2, 0.25) is 0 Å². The number of nitrogens with one attached hydrogen (secondary N) is 1. The first-order chi connectivity index (χ1) is 13.0. The van der Waals surface area contributed by atoms with Gasteiger partial charge in [0, 0.05) is 6.07 Å². The Balaban J connectivity index is 1.68. The number of aromatic nitrogens is 1. The van der Waals surface area contributed by atoms with E-state index in [9.17, 15) is 14.9 Å². The van der Waals surface area contributed by atoms with Crippen molar-refractivity contribution >= 4 is 23.8 Å². The van der Waals surface area contributed by atoms with Crippen molar-refractivity contribution in [3.05, 3.63) is 71.4 Å². The minimum atomic E-state index is -0.622. The highest BCUT2D eigenvalue weighted by molar-refractivity contribution is 6.09. The first kappa shape index (κ1) is 17.7. The van der Waals surface area contributed by atoms with Gasteiger partial charge in [0.05, 0.1) is 6.26 Å². The molecule has 0 aliphatic rings. The van der Waals surface area contributed by atoms with E-state index < -0.39 is 11.9 Å². The zero-order valence-electron chi connectivity index (χ0n) is 14.1. The summed E-state index contributed by atoms with van der Waals surface area (Å²) in [5, 5.41) is 15.3. The second-order valence-electron chi connectivity index (χ2n) is 5.38. The molecule has 0 saturated carbocycles. The van der Waals surface area contributed by atoms with Crippen LogP contribution in [0.25, 0.3) is 6.08 Å². The summed E-state index contributed by atoms with van der Waals surface area (Å²) in [6.45, 7) is 1.68. The van der Waals surface area contributed by atoms with Crippen LogP contribution in [0.4, 0.5) is 5.82 Å². The van der Waals surface area contributed by atoms with Crippen LogP contribution in [0.3, 0.4) is 0 Å². The molecule has 0 aliphatic carbocycles. The van der Waals surface area contributed by atoms with Crippen LogP contribution >= 0.6 is 0 Å². The average molecular weight is 363 g/mol. The van der Waals surface area contributed by atoms with Crippen molar-refractivity contribution in [3.8, 4) is 11.8 Å². The van der Waals surface area contributed by atoms with Crippen LogP contribution in [-0.2, 0) is 4.79 Å². The number of aryl methyl sites for hydroxylation is 1. The van der Waals surface area contributed by atoms with Crippen LogP contribution < -0.4 is 10.1 Å². The molecule has 3 aromatic rings. The molecule has 0 spiro atoms. The van der Waals surface area contributed by atoms with Crippen LogP contribution in [-0.4, -0.2) is 17.0 Å². The lowest BCUT2D eigenvalue weighted by Gasteiger charge is -2.03. The number of amides is 1. The van der Waals surface area contributed by atoms with Crippen molar-refractivity contribution in [2.24, 2.45) is 0 Å². The molecule has 1 N–H and O–H groups in total. The number of nitriles is 1. The van der Waals surface area contributed by atoms with Gasteiger partial charge < -0.3 is 19.0 Å². The smallest absolute Gasteiger partial charge is 0.379 e. The molecule has 0 radical (unpaired) electrons. The molecule has 0 unspecified atom stereocenters. The zero-order valence-corrected chi connectivity index (χ0v) is 14.1. The van der Waals surface area contributed by atoms with E-state index in [1.54, 1.807) is 37.3 Å². The molecule has 0 aliphatic heterocycles. The molecular formula is C19H13N3O5. The van der Waals surface area contributed by atoms with Crippen molar-refractivity contribution in [2.75, 3.05) is 5.32 Å². The van der Waals surface area contributed by atoms with Gasteiger partial charge in [-0.15, -0.1) is 0 Å². The predicted molar refractivity (Wildman–Crippen MR) is 93.6 cm³/mol. The first-order valence-electron chi connectivity index (χ1n) is 7.77. The Labute approximate surface area is 153 Å². The van der Waals surface area contributed by atoms with Gasteiger partial charge in [-0.3, -0.25) is 4.79 Å². The minimum Gasteiger partial charge on any atom is -0.457 e. The Morgan fingerprint density at radius 2 is 2.04 bits per heavy atom. The SMILES string of the molecule is Cc1cc(NC(=O)/C(C#N)=C\c2ccc(OC(=O)c3ccco3)cc2)no1. The zero-order chi connectivity index (χ0) is 19.2. The molecule has 0 fully saturated rings. The summed E-state index contributed by atoms with van der Waals surface area (Å²) >= 11 is 0. The molecule has 8 nitrogen and oxygen atoms in total. The summed E-state index contributed by atoms with van der Waals surface area (Å²) < 4.78 is 15.0. The summed E-state index contributed by atoms with van der Waals surface area (Å²) in [7, 11) is 0. The number of benzene rings is 1. The molecule has 1 amide bonds. The standard InChI is InChI=1S/C19H13N3O5/c1-12-9-17(22-27-12)21-18(23)14(11-20)10-13-4-6-15(7-5-13)26-19(24)16-3-2-8-25-16/h2-10H,1H3,(H,21,22,23)/b14-10-. The van der Waals surface area contributed by atoms with E-state index in [4.69, 9.17) is 13.7 Å². The number of esters is 1. The lowest BCUT2D eigenvalue weighted by atomic mass is 10.1. The summed E-state index contributed by atoms with van der Waals surface area (Å²) in [5.74, 6) is -0.0891. The number of carbonyl (C=O) groups is 2. The van der Waals surface area contributed by atoms with Gasteiger partial charge in [-0.2, -0.15) is 5.26 Å². The van der Waals surface area contributed by atoms with Gasteiger partial charge in [0.2, 0.25) is 5.76 Å². The fourth-order valence-electron chi connectivity index (χ4n) is 2.11. The van der Waals surface area contributed by atoms with E-state index in [0.717, 1.165) is 0 Å². The number of anilines is 1. The topological polar surface area (TPSA) is 118 Å². The number of furan rings is 1. The maximum Gasteiger partial charge on any atom is 0.379 e. The van der Waals surface area contributed by atoms with Crippen molar-refractivity contribution in [2.45, 2.75) is 6.92 Å². The molecule has 27 heavy (non-hydrogen) atoms. The van der Waals surface area contributed by atoms with Crippen molar-refractivity contribution in [3.63, 3.8) is 0 Å². The third kappa shape index (κ3) is 4.49. The Hall–Kier alpha value is -4.12. The molecule has 2 aromatic heterocycles. The quantitative estimate of drug-likeness (QED) is 0.319. The van der Waals surface area contributed by atoms with E-state index in [1.165, 1.54) is 24.5 Å². The normalized spacial score (nSPS) is 10.9. The summed E-state index contributed by atoms with van der Waals surface area (Å²) in [6, 6.07) is 12.7. The first-order valence-corrected chi connectivity index (χ1v) is 7.77. The van der Waals surface area contributed by atoms with E-state index in [2.05, 4.69) is 10.5 Å². The Kier molecular flexibility index (Phi) is 5.14. The van der Waals surface area contributed by atoms with Crippen LogP contribution in [0.15, 0.2) is 63.2 Å². The summed E-state index contributed by atoms with van der Waals surface area (Å²) in [4.78, 5) is 23.9. The third-order valence-electron chi connectivity index (χ3n) is 3.36. The number of hydrogen-bond acceptors (Lipinski definition) is 7. The van der Waals surface area contributed by atoms with Gasteiger partial charge in [0.15, 0.2) is 5.82 Å². The van der Waals surface area contributed by atoms with Crippen LogP contribution in [0.5, 0.6) is 5.75 Å². The number of rotatable bonds is 5. The van der Waals surface area contributed by atoms with Crippen LogP contribution in [0, 0.1) is 18.3 Å². The van der Waals surface area contributed by atoms with Gasteiger partial charge in [-0.1, -0.05) is 17.3 Å². The largest absolute Gasteiger partial charge is 0.457 e. The van der Waals surface area contributed by atoms with E-state index >= 15 is 0 Å². The van der Waals surface area contributed by atoms with Gasteiger partial charge in [0.1, 0.15) is 23.2 Å². The molecule has 0 saturated heterocycles. The highest BCUT2D eigenvalue weighted by atomic mass is 16.5. The molecule has 8 heteroatoms. The highest BCUT2D eigenvalue weighted by Crippen LogP contribution is 2.17. The van der Waals surface area contributed by atoms with E-state index in [0.29, 0.717) is 17.1 Å². The van der Waals surface area contributed by atoms with Gasteiger partial charge in [-0.05, 0) is 42.8 Å². The molecule has 3 rings (SSSR count). The predicted octanol–water partition coefficient (Wildman–Crippen LogP) is 3.34. The third-order valence-corrected chi connectivity index (χ3v) is 3.36. The number of hydrogen-bond donors (Lipinski definition) is 1. The number of nitrogens with zero attached hydrogens (tertiary/aromatic N) is 2. The van der Waals surface area contributed by atoms with Gasteiger partial charge >= 0.3 is 5.97 Å². The maximum absolute atomic E-state index is 12.1. The summed E-state index contributed by atoms with van der Waals surface area (Å²) in [5.41, 5.74) is 0.465. The number of ether oxygens (including phenoxy) is 1. The molecule has 1 aromatic carbocycles. The van der Waals surface area contributed by atoms with E-state index in [-0.39, 0.29) is 17.2 Å². The highest BCUT2D eigenvalue weighted by Gasteiger charge is 2.13. The Morgan fingerprint density at radius 3 is 2.63 bits per heavy atom. The maximum atomic E-state index is 12.1. The second kappa shape index (κ2) is 7.84. The molecule has 134 valence electrons. The monoisotopic (exact) mass is 363 g/mol. The Bertz CT molecular complexity index is 1020. The lowest BCUT2D eigenvalue weighted by molar-refractivity contribution is -0.112. The van der Waals surface area contributed by atoms with Crippen molar-refractivity contribution in [1.29, 1.82) is 5.26 Å². The lowest BCUT2D eigenvalue weighted by Crippen LogP contribution is -2.13. The molecular weight excluding hydrogens is 350 g/mol. The van der Waals surface area contributed by atoms with Gasteiger partial charge in [-0.25, -0.2) is 4.79 Å². The van der Waals surface area contributed by atoms with Crippen molar-refractivity contribution in [1.82, 2.24) is 5.16 Å². The molecule has 2 heterocycles. The van der Waals surface area contributed by atoms with E-state index in [1.807, 2.05) is 6.07 Å². The van der Waals surface area contributed by atoms with Crippen molar-refractivity contribution < 1.29 is 23.3 Å².